The smallest absolute Gasteiger partial charge is 0.222 e. The number of fused-ring (bicyclic) bond motifs is 1. The molecule has 0 aromatic carbocycles. The van der Waals surface area contributed by atoms with E-state index in [-0.39, 0.29) is 11.4 Å². The van der Waals surface area contributed by atoms with E-state index in [2.05, 4.69) is 10.6 Å². The van der Waals surface area contributed by atoms with E-state index in [1.165, 1.54) is 32.1 Å². The summed E-state index contributed by atoms with van der Waals surface area (Å²) < 4.78 is 0. The van der Waals surface area contributed by atoms with Gasteiger partial charge in [-0.15, -0.1) is 23.4 Å². The largest absolute Gasteiger partial charge is 0.332 e. The lowest BCUT2D eigenvalue weighted by molar-refractivity contribution is -0.121. The number of carbonyl (C=O) groups excluding carboxylic acids is 1. The Morgan fingerprint density at radius 2 is 2.05 bits per heavy atom. The number of hydrogen-bond donors (Lipinski definition) is 2. The van der Waals surface area contributed by atoms with Crippen molar-refractivity contribution in [1.82, 2.24) is 10.6 Å². The van der Waals surface area contributed by atoms with Gasteiger partial charge in [0.1, 0.15) is 5.50 Å². The third kappa shape index (κ3) is 4.69. The topological polar surface area (TPSA) is 41.1 Å². The van der Waals surface area contributed by atoms with Gasteiger partial charge >= 0.3 is 0 Å². The number of amides is 1. The zero-order valence-corrected chi connectivity index (χ0v) is 14.7. The Bertz CT molecular complexity index is 352. The highest BCUT2D eigenvalue weighted by Gasteiger charge is 2.37. The van der Waals surface area contributed by atoms with Gasteiger partial charge in [-0.25, -0.2) is 0 Å². The highest BCUT2D eigenvalue weighted by Crippen LogP contribution is 2.37. The SMILES string of the molecule is O=C(CCSC1CCC(Cl)CC1)NC1NC2CCCC2S1. The van der Waals surface area contributed by atoms with Crippen molar-refractivity contribution in [2.45, 2.75) is 78.8 Å². The van der Waals surface area contributed by atoms with Crippen molar-refractivity contribution in [3.63, 3.8) is 0 Å². The molecule has 1 saturated heterocycles. The first-order valence-corrected chi connectivity index (χ1v) is 10.6. The first kappa shape index (κ1) is 16.3. The minimum Gasteiger partial charge on any atom is -0.332 e. The van der Waals surface area contributed by atoms with Gasteiger partial charge in [-0.1, -0.05) is 6.42 Å². The van der Waals surface area contributed by atoms with E-state index in [1.54, 1.807) is 0 Å². The number of hydrogen-bond acceptors (Lipinski definition) is 4. The van der Waals surface area contributed by atoms with Crippen LogP contribution >= 0.6 is 35.1 Å². The average molecular weight is 349 g/mol. The number of thioether (sulfide) groups is 2. The Kier molecular flexibility index (Phi) is 6.05. The molecule has 2 saturated carbocycles. The van der Waals surface area contributed by atoms with Crippen LogP contribution in [0.3, 0.4) is 0 Å². The predicted octanol–water partition coefficient (Wildman–Crippen LogP) is 3.32. The second-order valence-electron chi connectivity index (χ2n) is 6.32. The van der Waals surface area contributed by atoms with Crippen LogP contribution in [0.5, 0.6) is 0 Å². The van der Waals surface area contributed by atoms with Crippen molar-refractivity contribution in [2.75, 3.05) is 5.75 Å². The minimum atomic E-state index is 0.143. The van der Waals surface area contributed by atoms with Gasteiger partial charge in [0.15, 0.2) is 0 Å². The van der Waals surface area contributed by atoms with Gasteiger partial charge in [0.2, 0.25) is 5.91 Å². The number of alkyl halides is 1. The Morgan fingerprint density at radius 1 is 1.24 bits per heavy atom. The Morgan fingerprint density at radius 3 is 2.81 bits per heavy atom. The van der Waals surface area contributed by atoms with E-state index in [1.807, 2.05) is 23.5 Å². The fourth-order valence-corrected chi connectivity index (χ4v) is 6.49. The summed E-state index contributed by atoms with van der Waals surface area (Å²) in [5.74, 6) is 1.13. The quantitative estimate of drug-likeness (QED) is 0.748. The molecule has 120 valence electrons. The van der Waals surface area contributed by atoms with Gasteiger partial charge < -0.3 is 5.32 Å². The van der Waals surface area contributed by atoms with Crippen LogP contribution < -0.4 is 10.6 Å². The van der Waals surface area contributed by atoms with Crippen LogP contribution in [0.2, 0.25) is 0 Å². The van der Waals surface area contributed by atoms with E-state index in [0.29, 0.717) is 23.1 Å². The van der Waals surface area contributed by atoms with Gasteiger partial charge in [0.25, 0.3) is 0 Å². The number of halogens is 1. The molecule has 2 aliphatic carbocycles. The molecule has 1 amide bonds. The second kappa shape index (κ2) is 7.80. The molecule has 0 radical (unpaired) electrons. The first-order chi connectivity index (χ1) is 10.2. The maximum atomic E-state index is 12.0. The molecular formula is C15H25ClN2OS2. The Labute approximate surface area is 141 Å². The number of carbonyl (C=O) groups is 1. The van der Waals surface area contributed by atoms with Crippen LogP contribution in [0.1, 0.15) is 51.4 Å². The predicted molar refractivity (Wildman–Crippen MR) is 93.1 cm³/mol. The lowest BCUT2D eigenvalue weighted by Crippen LogP contribution is -2.42. The molecule has 2 N–H and O–H groups in total. The fraction of sp³-hybridized carbons (Fsp3) is 0.933. The van der Waals surface area contributed by atoms with Crippen molar-refractivity contribution < 1.29 is 4.79 Å². The number of rotatable bonds is 5. The molecule has 3 aliphatic rings. The van der Waals surface area contributed by atoms with Crippen molar-refractivity contribution in [3.05, 3.63) is 0 Å². The lowest BCUT2D eigenvalue weighted by atomic mass is 10.00. The van der Waals surface area contributed by atoms with Crippen molar-refractivity contribution in [3.8, 4) is 0 Å². The molecule has 0 aromatic heterocycles. The minimum absolute atomic E-state index is 0.143. The molecule has 6 heteroatoms. The van der Waals surface area contributed by atoms with Crippen LogP contribution in [-0.2, 0) is 4.79 Å². The molecule has 3 fully saturated rings. The lowest BCUT2D eigenvalue weighted by Gasteiger charge is -2.24. The van der Waals surface area contributed by atoms with Crippen LogP contribution in [0.4, 0.5) is 0 Å². The molecule has 3 unspecified atom stereocenters. The summed E-state index contributed by atoms with van der Waals surface area (Å²) in [5, 5.41) is 8.49. The van der Waals surface area contributed by atoms with Crippen LogP contribution in [0.15, 0.2) is 0 Å². The maximum absolute atomic E-state index is 12.0. The first-order valence-electron chi connectivity index (χ1n) is 8.17. The highest BCUT2D eigenvalue weighted by molar-refractivity contribution is 8.00. The molecule has 0 bridgehead atoms. The van der Waals surface area contributed by atoms with Crippen molar-refractivity contribution >= 4 is 41.0 Å². The molecule has 0 aromatic rings. The standard InChI is InChI=1S/C15H25ClN2OS2/c16-10-4-6-11(7-5-10)20-9-8-14(19)18-15-17-12-2-1-3-13(12)21-15/h10-13,15,17H,1-9H2,(H,18,19). The fourth-order valence-electron chi connectivity index (χ4n) is 3.49. The molecule has 3 atom stereocenters. The molecule has 1 heterocycles. The van der Waals surface area contributed by atoms with E-state index in [9.17, 15) is 4.79 Å². The van der Waals surface area contributed by atoms with Crippen LogP contribution in [-0.4, -0.2) is 39.1 Å². The summed E-state index contributed by atoms with van der Waals surface area (Å²) in [6, 6.07) is 0.625. The molecule has 1 aliphatic heterocycles. The Hall–Kier alpha value is 0.420. The second-order valence-corrected chi connectivity index (χ2v) is 9.70. The molecular weight excluding hydrogens is 324 g/mol. The van der Waals surface area contributed by atoms with Gasteiger partial charge in [0.05, 0.1) is 0 Å². The van der Waals surface area contributed by atoms with Crippen LogP contribution in [0.25, 0.3) is 0 Å². The van der Waals surface area contributed by atoms with E-state index < -0.39 is 0 Å². The van der Waals surface area contributed by atoms with Crippen molar-refractivity contribution in [1.29, 1.82) is 0 Å². The zero-order valence-electron chi connectivity index (χ0n) is 12.4. The normalized spacial score (nSPS) is 39.2. The average Bonchev–Trinajstić information content (AvgIpc) is 3.02. The summed E-state index contributed by atoms with van der Waals surface area (Å²) in [6.07, 6.45) is 9.23. The van der Waals surface area contributed by atoms with Crippen molar-refractivity contribution in [2.24, 2.45) is 0 Å². The van der Waals surface area contributed by atoms with Crippen LogP contribution in [0, 0.1) is 0 Å². The maximum Gasteiger partial charge on any atom is 0.222 e. The molecule has 0 spiro atoms. The molecule has 3 rings (SSSR count). The summed E-state index contributed by atoms with van der Waals surface area (Å²) in [7, 11) is 0. The third-order valence-corrected chi connectivity index (χ3v) is 7.97. The van der Waals surface area contributed by atoms with Gasteiger partial charge in [0, 0.05) is 34.1 Å². The van der Waals surface area contributed by atoms with E-state index >= 15 is 0 Å². The van der Waals surface area contributed by atoms with Gasteiger partial charge in [-0.3, -0.25) is 10.1 Å². The van der Waals surface area contributed by atoms with Gasteiger partial charge in [-0.2, -0.15) is 11.8 Å². The van der Waals surface area contributed by atoms with E-state index in [4.69, 9.17) is 11.6 Å². The highest BCUT2D eigenvalue weighted by atomic mass is 35.5. The van der Waals surface area contributed by atoms with E-state index in [0.717, 1.165) is 23.8 Å². The molecule has 21 heavy (non-hydrogen) atoms. The van der Waals surface area contributed by atoms with Gasteiger partial charge in [-0.05, 0) is 38.5 Å². The summed E-state index contributed by atoms with van der Waals surface area (Å²) in [6.45, 7) is 0. The third-order valence-electron chi connectivity index (χ3n) is 4.71. The Balaban J connectivity index is 1.28. The summed E-state index contributed by atoms with van der Waals surface area (Å²) in [4.78, 5) is 12.0. The molecule has 3 nitrogen and oxygen atoms in total. The monoisotopic (exact) mass is 348 g/mol. The summed E-state index contributed by atoms with van der Waals surface area (Å²) >= 11 is 9.98. The zero-order chi connectivity index (χ0) is 14.7. The number of nitrogens with one attached hydrogen (secondary N) is 2. The summed E-state index contributed by atoms with van der Waals surface area (Å²) in [5.41, 5.74) is 0.143.